The third-order valence-corrected chi connectivity index (χ3v) is 1.84. The van der Waals surface area contributed by atoms with Crippen molar-refractivity contribution in [1.82, 2.24) is 0 Å². The van der Waals surface area contributed by atoms with Crippen LogP contribution >= 0.6 is 0 Å². The number of rotatable bonds is 3. The highest BCUT2D eigenvalue weighted by atomic mass is 16.7. The molecule has 0 saturated heterocycles. The molecule has 4 heteroatoms. The van der Waals surface area contributed by atoms with E-state index in [1.54, 1.807) is 6.08 Å². The molecule has 0 bridgehead atoms. The molecule has 0 aliphatic carbocycles. The Kier molecular flexibility index (Phi) is 3.76. The summed E-state index contributed by atoms with van der Waals surface area (Å²) in [5.41, 5.74) is 0. The van der Waals surface area contributed by atoms with E-state index in [-0.39, 0.29) is 18.2 Å². The highest BCUT2D eigenvalue weighted by Gasteiger charge is 2.25. The van der Waals surface area contributed by atoms with Gasteiger partial charge in [0.1, 0.15) is 0 Å². The van der Waals surface area contributed by atoms with Gasteiger partial charge >= 0.3 is 5.97 Å². The number of hydrogen-bond donors (Lipinski definition) is 0. The normalized spacial score (nSPS) is 26.6. The van der Waals surface area contributed by atoms with Crippen LogP contribution < -0.4 is 0 Å². The molecule has 0 aromatic heterocycles. The Morgan fingerprint density at radius 1 is 1.69 bits per heavy atom. The molecule has 1 rings (SSSR count). The van der Waals surface area contributed by atoms with Crippen LogP contribution in [0.1, 0.15) is 13.3 Å². The first-order valence-electron chi connectivity index (χ1n) is 4.29. The van der Waals surface area contributed by atoms with Crippen LogP contribution in [-0.2, 0) is 19.0 Å². The summed E-state index contributed by atoms with van der Waals surface area (Å²) >= 11 is 0. The van der Waals surface area contributed by atoms with Crippen molar-refractivity contribution < 1.29 is 19.0 Å². The van der Waals surface area contributed by atoms with Crippen molar-refractivity contribution in [3.05, 3.63) is 12.3 Å². The van der Waals surface area contributed by atoms with Crippen LogP contribution in [-0.4, -0.2) is 26.0 Å². The molecule has 2 atom stereocenters. The Morgan fingerprint density at radius 3 is 3.08 bits per heavy atom. The summed E-state index contributed by atoms with van der Waals surface area (Å²) in [4.78, 5) is 11.1. The van der Waals surface area contributed by atoms with Crippen molar-refractivity contribution in [2.24, 2.45) is 5.92 Å². The lowest BCUT2D eigenvalue weighted by molar-refractivity contribution is -0.154. The minimum absolute atomic E-state index is 0.240. The molecule has 4 nitrogen and oxygen atoms in total. The third kappa shape index (κ3) is 2.73. The van der Waals surface area contributed by atoms with Gasteiger partial charge < -0.3 is 14.2 Å². The maximum absolute atomic E-state index is 11.1. The van der Waals surface area contributed by atoms with Crippen LogP contribution in [0.25, 0.3) is 0 Å². The quantitative estimate of drug-likeness (QED) is 0.618. The molecule has 0 radical (unpaired) electrons. The van der Waals surface area contributed by atoms with Gasteiger partial charge in [-0.15, -0.1) is 0 Å². The first-order valence-corrected chi connectivity index (χ1v) is 4.29. The van der Waals surface area contributed by atoms with Crippen LogP contribution in [0.3, 0.4) is 0 Å². The molecule has 0 amide bonds. The molecule has 0 saturated carbocycles. The van der Waals surface area contributed by atoms with Gasteiger partial charge in [-0.1, -0.05) is 0 Å². The van der Waals surface area contributed by atoms with Gasteiger partial charge in [-0.25, -0.2) is 0 Å². The highest BCUT2D eigenvalue weighted by Crippen LogP contribution is 2.19. The summed E-state index contributed by atoms with van der Waals surface area (Å²) in [5, 5.41) is 0. The zero-order valence-electron chi connectivity index (χ0n) is 7.86. The number of methoxy groups -OCH3 is 1. The topological polar surface area (TPSA) is 44.8 Å². The zero-order chi connectivity index (χ0) is 9.68. The lowest BCUT2D eigenvalue weighted by Gasteiger charge is -2.23. The lowest BCUT2D eigenvalue weighted by atomic mass is 10.0. The predicted molar refractivity (Wildman–Crippen MR) is 45.8 cm³/mol. The van der Waals surface area contributed by atoms with Gasteiger partial charge in [0.15, 0.2) is 6.29 Å². The summed E-state index contributed by atoms with van der Waals surface area (Å²) < 4.78 is 15.0. The second-order valence-electron chi connectivity index (χ2n) is 2.71. The van der Waals surface area contributed by atoms with Gasteiger partial charge in [0.2, 0.25) is 0 Å². The largest absolute Gasteiger partial charge is 0.473 e. The second-order valence-corrected chi connectivity index (χ2v) is 2.71. The molecule has 74 valence electrons. The molecule has 2 unspecified atom stereocenters. The summed E-state index contributed by atoms with van der Waals surface area (Å²) in [6, 6.07) is 0. The molecular formula is C9H14O4. The van der Waals surface area contributed by atoms with Crippen LogP contribution in [0.15, 0.2) is 12.3 Å². The minimum atomic E-state index is -0.320. The molecule has 0 aromatic rings. The summed E-state index contributed by atoms with van der Waals surface area (Å²) in [6.07, 6.45) is 3.38. The van der Waals surface area contributed by atoms with Crippen molar-refractivity contribution in [1.29, 1.82) is 0 Å². The van der Waals surface area contributed by atoms with Crippen molar-refractivity contribution >= 4 is 5.97 Å². The number of esters is 1. The summed E-state index contributed by atoms with van der Waals surface area (Å²) in [6.45, 7) is 2.46. The molecule has 13 heavy (non-hydrogen) atoms. The number of ether oxygens (including phenoxy) is 3. The first-order chi connectivity index (χ1) is 6.27. The van der Waals surface area contributed by atoms with Crippen molar-refractivity contribution in [3.63, 3.8) is 0 Å². The van der Waals surface area contributed by atoms with Gasteiger partial charge in [-0.2, -0.15) is 0 Å². The maximum Gasteiger partial charge on any atom is 0.312 e. The van der Waals surface area contributed by atoms with Gasteiger partial charge in [-0.05, 0) is 13.0 Å². The molecule has 1 aliphatic heterocycles. The van der Waals surface area contributed by atoms with E-state index >= 15 is 0 Å². The van der Waals surface area contributed by atoms with Crippen molar-refractivity contribution in [3.8, 4) is 0 Å². The van der Waals surface area contributed by atoms with Crippen LogP contribution in [0.5, 0.6) is 0 Å². The highest BCUT2D eigenvalue weighted by molar-refractivity contribution is 5.74. The third-order valence-electron chi connectivity index (χ3n) is 1.84. The van der Waals surface area contributed by atoms with E-state index in [1.807, 2.05) is 6.92 Å². The Hall–Kier alpha value is -1.03. The summed E-state index contributed by atoms with van der Waals surface area (Å²) in [7, 11) is 1.38. The second kappa shape index (κ2) is 4.87. The van der Waals surface area contributed by atoms with Crippen LogP contribution in [0.4, 0.5) is 0 Å². The van der Waals surface area contributed by atoms with Gasteiger partial charge in [0.05, 0.1) is 19.3 Å². The molecular weight excluding hydrogens is 172 g/mol. The van der Waals surface area contributed by atoms with E-state index < -0.39 is 0 Å². The number of carbonyl (C=O) groups excluding carboxylic acids is 1. The minimum Gasteiger partial charge on any atom is -0.473 e. The SMILES string of the molecule is CCOC1CC(C(=O)OC)C=CO1. The maximum atomic E-state index is 11.1. The molecule has 0 aromatic carbocycles. The molecule has 1 heterocycles. The average molecular weight is 186 g/mol. The first kappa shape index (κ1) is 10.1. The monoisotopic (exact) mass is 186 g/mol. The standard InChI is InChI=1S/C9H14O4/c1-3-12-8-6-7(4-5-13-8)9(10)11-2/h4-5,7-8H,3,6H2,1-2H3. The van der Waals surface area contributed by atoms with Gasteiger partial charge in [0.25, 0.3) is 0 Å². The Bertz CT molecular complexity index is 200. The van der Waals surface area contributed by atoms with Gasteiger partial charge in [-0.3, -0.25) is 4.79 Å². The lowest BCUT2D eigenvalue weighted by Crippen LogP contribution is -2.27. The van der Waals surface area contributed by atoms with Gasteiger partial charge in [0, 0.05) is 13.0 Å². The fourth-order valence-corrected chi connectivity index (χ4v) is 1.19. The van der Waals surface area contributed by atoms with Crippen LogP contribution in [0.2, 0.25) is 0 Å². The number of carbonyl (C=O) groups is 1. The fourth-order valence-electron chi connectivity index (χ4n) is 1.19. The van der Waals surface area contributed by atoms with Crippen LogP contribution in [0, 0.1) is 5.92 Å². The van der Waals surface area contributed by atoms with E-state index in [2.05, 4.69) is 4.74 Å². The van der Waals surface area contributed by atoms with E-state index in [9.17, 15) is 4.79 Å². The van der Waals surface area contributed by atoms with E-state index in [1.165, 1.54) is 13.4 Å². The Morgan fingerprint density at radius 2 is 2.46 bits per heavy atom. The molecule has 0 N–H and O–H groups in total. The van der Waals surface area contributed by atoms with E-state index in [0.29, 0.717) is 13.0 Å². The smallest absolute Gasteiger partial charge is 0.312 e. The van der Waals surface area contributed by atoms with Crippen molar-refractivity contribution in [2.45, 2.75) is 19.6 Å². The summed E-state index contributed by atoms with van der Waals surface area (Å²) in [5.74, 6) is -0.487. The number of hydrogen-bond acceptors (Lipinski definition) is 4. The molecule has 0 spiro atoms. The Labute approximate surface area is 77.5 Å². The molecule has 0 fully saturated rings. The average Bonchev–Trinajstić information content (AvgIpc) is 2.18. The van der Waals surface area contributed by atoms with Crippen molar-refractivity contribution in [2.75, 3.05) is 13.7 Å². The fraction of sp³-hybridized carbons (Fsp3) is 0.667. The van der Waals surface area contributed by atoms with E-state index in [4.69, 9.17) is 9.47 Å². The predicted octanol–water partition coefficient (Wildman–Crippen LogP) is 1.07. The van der Waals surface area contributed by atoms with E-state index in [0.717, 1.165) is 0 Å². The molecule has 1 aliphatic rings. The zero-order valence-corrected chi connectivity index (χ0v) is 7.86. The Balaban J connectivity index is 2.46.